The molecule has 148 valence electrons. The zero-order valence-corrected chi connectivity index (χ0v) is 17.3. The Morgan fingerprint density at radius 1 is 1.33 bits per heavy atom. The average Bonchev–Trinajstić information content (AvgIpc) is 3.12. The molecule has 3 rings (SSSR count). The molecule has 1 amide bonds. The van der Waals surface area contributed by atoms with Crippen LogP contribution < -0.4 is 5.32 Å². The number of rotatable bonds is 4. The molecule has 0 saturated carbocycles. The van der Waals surface area contributed by atoms with E-state index in [4.69, 9.17) is 4.52 Å². The topological polar surface area (TPSA) is 71.3 Å². The van der Waals surface area contributed by atoms with Crippen LogP contribution in [0.5, 0.6) is 0 Å². The van der Waals surface area contributed by atoms with Crippen molar-refractivity contribution >= 4 is 18.3 Å². The van der Waals surface area contributed by atoms with Crippen molar-refractivity contribution in [2.24, 2.45) is 5.92 Å². The second kappa shape index (κ2) is 8.85. The van der Waals surface area contributed by atoms with Crippen molar-refractivity contribution in [1.29, 1.82) is 0 Å². The van der Waals surface area contributed by atoms with Crippen molar-refractivity contribution in [2.45, 2.75) is 39.0 Å². The van der Waals surface area contributed by atoms with Crippen molar-refractivity contribution < 1.29 is 9.32 Å². The summed E-state index contributed by atoms with van der Waals surface area (Å²) < 4.78 is 5.47. The first-order valence-electron chi connectivity index (χ1n) is 9.27. The normalized spacial score (nSPS) is 17.5. The lowest BCUT2D eigenvalue weighted by atomic mass is 9.96. The number of likely N-dealkylation sites (tertiary alicyclic amines) is 1. The van der Waals surface area contributed by atoms with Crippen LogP contribution in [0, 0.1) is 5.92 Å². The van der Waals surface area contributed by atoms with E-state index in [-0.39, 0.29) is 23.7 Å². The number of amides is 1. The minimum atomic E-state index is -0.200. The summed E-state index contributed by atoms with van der Waals surface area (Å²) in [7, 11) is 1.96. The molecule has 0 radical (unpaired) electrons. The van der Waals surface area contributed by atoms with E-state index in [1.807, 2.05) is 57.0 Å². The van der Waals surface area contributed by atoms with Gasteiger partial charge in [-0.3, -0.25) is 4.79 Å². The van der Waals surface area contributed by atoms with Gasteiger partial charge in [0.15, 0.2) is 5.82 Å². The second-order valence-corrected chi connectivity index (χ2v) is 8.04. The number of nitrogens with one attached hydrogen (secondary N) is 1. The molecule has 27 heavy (non-hydrogen) atoms. The highest BCUT2D eigenvalue weighted by atomic mass is 35.5. The van der Waals surface area contributed by atoms with E-state index >= 15 is 0 Å². The lowest BCUT2D eigenvalue weighted by Gasteiger charge is -2.33. The molecule has 1 unspecified atom stereocenters. The summed E-state index contributed by atoms with van der Waals surface area (Å²) >= 11 is 0. The van der Waals surface area contributed by atoms with Crippen LogP contribution in [0.2, 0.25) is 0 Å². The molecular weight excluding hydrogens is 364 g/mol. The Morgan fingerprint density at radius 2 is 2.07 bits per heavy atom. The molecule has 1 aromatic carbocycles. The highest BCUT2D eigenvalue weighted by molar-refractivity contribution is 6.00. The van der Waals surface area contributed by atoms with Crippen molar-refractivity contribution in [1.82, 2.24) is 20.4 Å². The molecule has 1 fully saturated rings. The number of hydrogen-bond acceptors (Lipinski definition) is 5. The smallest absolute Gasteiger partial charge is 0.258 e. The molecule has 0 aliphatic carbocycles. The van der Waals surface area contributed by atoms with Gasteiger partial charge in [0.2, 0.25) is 0 Å². The molecule has 1 aliphatic rings. The Morgan fingerprint density at radius 3 is 2.74 bits per heavy atom. The third kappa shape index (κ3) is 4.87. The molecule has 1 aromatic heterocycles. The van der Waals surface area contributed by atoms with E-state index < -0.39 is 0 Å². The van der Waals surface area contributed by atoms with Gasteiger partial charge in [-0.15, -0.1) is 12.4 Å². The summed E-state index contributed by atoms with van der Waals surface area (Å²) in [5.74, 6) is 1.59. The van der Waals surface area contributed by atoms with Crippen molar-refractivity contribution in [2.75, 3.05) is 26.7 Å². The number of benzene rings is 1. The van der Waals surface area contributed by atoms with E-state index in [0.717, 1.165) is 32.5 Å². The maximum atomic E-state index is 13.2. The Hall–Kier alpha value is -1.92. The van der Waals surface area contributed by atoms with Crippen LogP contribution in [0.15, 0.2) is 28.8 Å². The molecular formula is C20H29ClN4O2. The summed E-state index contributed by atoms with van der Waals surface area (Å²) in [6.07, 6.45) is 2.19. The van der Waals surface area contributed by atoms with Gasteiger partial charge >= 0.3 is 0 Å². The zero-order chi connectivity index (χ0) is 18.7. The number of piperidine rings is 1. The Kier molecular flexibility index (Phi) is 7.00. The van der Waals surface area contributed by atoms with E-state index in [1.54, 1.807) is 0 Å². The lowest BCUT2D eigenvalue weighted by molar-refractivity contribution is 0.0674. The fourth-order valence-electron chi connectivity index (χ4n) is 3.37. The zero-order valence-electron chi connectivity index (χ0n) is 16.5. The minimum Gasteiger partial charge on any atom is -0.338 e. The Labute approximate surface area is 167 Å². The molecule has 6 nitrogen and oxygen atoms in total. The SMILES string of the molecule is CNCC1CCCN(C(=O)c2ccccc2-c2nc(C(C)(C)C)no2)C1.Cl. The number of nitrogens with zero attached hydrogens (tertiary/aromatic N) is 3. The van der Waals surface area contributed by atoms with E-state index in [1.165, 1.54) is 0 Å². The molecule has 1 atom stereocenters. The molecule has 0 bridgehead atoms. The van der Waals surface area contributed by atoms with Gasteiger partial charge in [-0.2, -0.15) is 4.98 Å². The van der Waals surface area contributed by atoms with Crippen molar-refractivity contribution in [3.05, 3.63) is 35.7 Å². The first-order chi connectivity index (χ1) is 12.4. The standard InChI is InChI=1S/C20H28N4O2.ClH/c1-20(2,3)19-22-17(26-23-19)15-9-5-6-10-16(15)18(25)24-11-7-8-14(13-24)12-21-4;/h5-6,9-10,14,21H,7-8,11-13H2,1-4H3;1H. The van der Waals surface area contributed by atoms with Gasteiger partial charge < -0.3 is 14.7 Å². The number of aromatic nitrogens is 2. The van der Waals surface area contributed by atoms with Crippen molar-refractivity contribution in [3.63, 3.8) is 0 Å². The quantitative estimate of drug-likeness (QED) is 0.861. The average molecular weight is 393 g/mol. The van der Waals surface area contributed by atoms with Gasteiger partial charge in [0.05, 0.1) is 11.1 Å². The molecule has 2 heterocycles. The number of halogens is 1. The summed E-state index contributed by atoms with van der Waals surface area (Å²) in [5, 5.41) is 7.31. The molecule has 1 saturated heterocycles. The highest BCUT2D eigenvalue weighted by Gasteiger charge is 2.28. The largest absolute Gasteiger partial charge is 0.338 e. The van der Waals surface area contributed by atoms with Gasteiger partial charge in [0.1, 0.15) is 0 Å². The number of carbonyl (C=O) groups is 1. The monoisotopic (exact) mass is 392 g/mol. The van der Waals surface area contributed by atoms with Crippen LogP contribution in [0.4, 0.5) is 0 Å². The number of hydrogen-bond donors (Lipinski definition) is 1. The number of carbonyl (C=O) groups excluding carboxylic acids is 1. The first kappa shape index (κ1) is 21.4. The maximum absolute atomic E-state index is 13.2. The predicted octanol–water partition coefficient (Wildman–Crippen LogP) is 3.53. The fourth-order valence-corrected chi connectivity index (χ4v) is 3.37. The minimum absolute atomic E-state index is 0. The van der Waals surface area contributed by atoms with Crippen LogP contribution in [0.1, 0.15) is 49.8 Å². The van der Waals surface area contributed by atoms with Crippen molar-refractivity contribution in [3.8, 4) is 11.5 Å². The van der Waals surface area contributed by atoms with E-state index in [9.17, 15) is 4.79 Å². The van der Waals surface area contributed by atoms with Gasteiger partial charge in [-0.1, -0.05) is 38.1 Å². The van der Waals surface area contributed by atoms with E-state index in [2.05, 4.69) is 15.5 Å². The maximum Gasteiger partial charge on any atom is 0.258 e. The van der Waals surface area contributed by atoms with Crippen LogP contribution in [0.3, 0.4) is 0 Å². The van der Waals surface area contributed by atoms with Crippen LogP contribution in [0.25, 0.3) is 11.5 Å². The lowest BCUT2D eigenvalue weighted by Crippen LogP contribution is -2.42. The second-order valence-electron chi connectivity index (χ2n) is 8.04. The molecule has 1 N–H and O–H groups in total. The fraction of sp³-hybridized carbons (Fsp3) is 0.550. The van der Waals surface area contributed by atoms with Crippen LogP contribution in [-0.2, 0) is 5.41 Å². The Balaban J connectivity index is 0.00000261. The third-order valence-corrected chi connectivity index (χ3v) is 4.78. The molecule has 1 aliphatic heterocycles. The van der Waals surface area contributed by atoms with Gasteiger partial charge in [-0.05, 0) is 44.5 Å². The van der Waals surface area contributed by atoms with Crippen LogP contribution in [-0.4, -0.2) is 47.6 Å². The molecule has 7 heteroatoms. The van der Waals surface area contributed by atoms with Gasteiger partial charge in [0, 0.05) is 18.5 Å². The third-order valence-electron chi connectivity index (χ3n) is 4.78. The van der Waals surface area contributed by atoms with Gasteiger partial charge in [0.25, 0.3) is 11.8 Å². The summed E-state index contributed by atoms with van der Waals surface area (Å²) in [6, 6.07) is 7.50. The summed E-state index contributed by atoms with van der Waals surface area (Å²) in [4.78, 5) is 19.6. The summed E-state index contributed by atoms with van der Waals surface area (Å²) in [5.41, 5.74) is 1.13. The first-order valence-corrected chi connectivity index (χ1v) is 9.27. The molecule has 2 aromatic rings. The predicted molar refractivity (Wildman–Crippen MR) is 108 cm³/mol. The summed E-state index contributed by atoms with van der Waals surface area (Å²) in [6.45, 7) is 8.62. The highest BCUT2D eigenvalue weighted by Crippen LogP contribution is 2.28. The van der Waals surface area contributed by atoms with Gasteiger partial charge in [-0.25, -0.2) is 0 Å². The van der Waals surface area contributed by atoms with E-state index in [0.29, 0.717) is 28.8 Å². The van der Waals surface area contributed by atoms with Crippen LogP contribution >= 0.6 is 12.4 Å². The Bertz CT molecular complexity index is 767. The molecule has 0 spiro atoms.